The molecule has 2 aliphatic heterocycles. The summed E-state index contributed by atoms with van der Waals surface area (Å²) < 4.78 is 104. The minimum atomic E-state index is -4.74. The zero-order valence-corrected chi connectivity index (χ0v) is 19.9. The van der Waals surface area contributed by atoms with E-state index in [2.05, 4.69) is 15.3 Å². The Hall–Kier alpha value is -3.20. The lowest BCUT2D eigenvalue weighted by atomic mass is 9.92. The maximum Gasteiger partial charge on any atom is 0.416 e. The number of alkyl halides is 5. The number of aromatic nitrogens is 2. The van der Waals surface area contributed by atoms with Gasteiger partial charge in [-0.05, 0) is 25.1 Å². The molecule has 0 radical (unpaired) electrons. The predicted molar refractivity (Wildman–Crippen MR) is 121 cm³/mol. The van der Waals surface area contributed by atoms with Crippen molar-refractivity contribution in [3.8, 4) is 0 Å². The molecule has 2 aliphatic rings. The first-order valence-corrected chi connectivity index (χ1v) is 11.7. The number of ether oxygens (including phenoxy) is 1. The molecule has 2 saturated heterocycles. The van der Waals surface area contributed by atoms with Gasteiger partial charge in [-0.15, -0.1) is 0 Å². The van der Waals surface area contributed by atoms with Crippen LogP contribution in [0.4, 0.5) is 42.4 Å². The molecule has 15 heteroatoms. The monoisotopic (exact) mass is 550 g/mol. The lowest BCUT2D eigenvalue weighted by Crippen LogP contribution is -2.52. The molecule has 0 aliphatic carbocycles. The van der Waals surface area contributed by atoms with Gasteiger partial charge in [-0.2, -0.15) is 17.6 Å². The first kappa shape index (κ1) is 27.8. The van der Waals surface area contributed by atoms with E-state index < -0.39 is 53.7 Å². The number of morpholine rings is 1. The average molecular weight is 550 g/mol. The van der Waals surface area contributed by atoms with E-state index in [1.165, 1.54) is 9.80 Å². The Kier molecular flexibility index (Phi) is 7.97. The maximum atomic E-state index is 15.5. The molecule has 8 nitrogen and oxygen atoms in total. The normalized spacial score (nSPS) is 22.3. The van der Waals surface area contributed by atoms with Crippen LogP contribution in [0.1, 0.15) is 23.6 Å². The third-order valence-corrected chi connectivity index (χ3v) is 6.58. The zero-order chi connectivity index (χ0) is 27.7. The molecule has 2 fully saturated rings. The van der Waals surface area contributed by atoms with Crippen molar-refractivity contribution in [1.29, 1.82) is 0 Å². The molecule has 0 spiro atoms. The van der Waals surface area contributed by atoms with Crippen molar-refractivity contribution in [2.75, 3.05) is 56.2 Å². The Morgan fingerprint density at radius 3 is 2.63 bits per heavy atom. The number of nitrogens with zero attached hydrogens (tertiary/aromatic N) is 4. The molecule has 2 unspecified atom stereocenters. The number of halogens is 7. The fraction of sp³-hybridized carbons (Fsp3) is 0.522. The van der Waals surface area contributed by atoms with Gasteiger partial charge in [0.1, 0.15) is 12.1 Å². The summed E-state index contributed by atoms with van der Waals surface area (Å²) in [5, 5.41) is 2.59. The van der Waals surface area contributed by atoms with Crippen LogP contribution in [0.2, 0.25) is 0 Å². The van der Waals surface area contributed by atoms with Gasteiger partial charge in [0.2, 0.25) is 11.7 Å². The van der Waals surface area contributed by atoms with Gasteiger partial charge in [0.25, 0.3) is 5.92 Å². The highest BCUT2D eigenvalue weighted by molar-refractivity contribution is 5.75. The molecular formula is C23H25F7N6O2. The van der Waals surface area contributed by atoms with Gasteiger partial charge in [-0.3, -0.25) is 9.69 Å². The summed E-state index contributed by atoms with van der Waals surface area (Å²) >= 11 is 0. The predicted octanol–water partition coefficient (Wildman–Crippen LogP) is 3.21. The number of amides is 1. The molecule has 4 rings (SSSR count). The average Bonchev–Trinajstić information content (AvgIpc) is 2.83. The van der Waals surface area contributed by atoms with Crippen LogP contribution in [-0.4, -0.2) is 72.6 Å². The zero-order valence-electron chi connectivity index (χ0n) is 19.9. The van der Waals surface area contributed by atoms with Gasteiger partial charge in [0.05, 0.1) is 37.9 Å². The second kappa shape index (κ2) is 10.9. The summed E-state index contributed by atoms with van der Waals surface area (Å²) in [6, 6.07) is 1.06. The van der Waals surface area contributed by atoms with E-state index >= 15 is 4.39 Å². The summed E-state index contributed by atoms with van der Waals surface area (Å²) in [6.07, 6.45) is -3.72. The first-order valence-electron chi connectivity index (χ1n) is 11.7. The van der Waals surface area contributed by atoms with Crippen LogP contribution in [0.5, 0.6) is 0 Å². The molecule has 1 aromatic heterocycles. The molecule has 1 amide bonds. The number of anilines is 2. The molecule has 38 heavy (non-hydrogen) atoms. The van der Waals surface area contributed by atoms with Gasteiger partial charge >= 0.3 is 6.18 Å². The molecule has 2 atom stereocenters. The summed E-state index contributed by atoms with van der Waals surface area (Å²) in [5.74, 6) is -7.84. The Labute approximate surface area is 213 Å². The highest BCUT2D eigenvalue weighted by Crippen LogP contribution is 2.37. The summed E-state index contributed by atoms with van der Waals surface area (Å²) in [4.78, 5) is 21.4. The molecule has 3 N–H and O–H groups in total. The number of likely N-dealkylation sites (tertiary alicyclic amines) is 1. The van der Waals surface area contributed by atoms with E-state index in [0.717, 1.165) is 18.5 Å². The fourth-order valence-corrected chi connectivity index (χ4v) is 4.66. The molecular weight excluding hydrogens is 525 g/mol. The van der Waals surface area contributed by atoms with Gasteiger partial charge in [-0.25, -0.2) is 23.1 Å². The quantitative estimate of drug-likeness (QED) is 0.512. The number of hydrogen-bond acceptors (Lipinski definition) is 7. The lowest BCUT2D eigenvalue weighted by molar-refractivity contribution is -0.137. The summed E-state index contributed by atoms with van der Waals surface area (Å²) in [6.45, 7) is -1.09. The van der Waals surface area contributed by atoms with Crippen LogP contribution >= 0.6 is 0 Å². The highest BCUT2D eigenvalue weighted by atomic mass is 19.4. The standard InChI is InChI=1S/C23H25F7N6O2/c24-16-7-13(23(28,29)30)1-2-15(16)17-10-38-6-5-36(17)21-19(25)20(33-12-34-21)32-8-14-3-4-35(9-18(31)37)11-22(14,26)27/h1-2,7,12,14,17H,3-6,8-11H2,(H2,31,37)(H,32,33,34). The third-order valence-electron chi connectivity index (χ3n) is 6.58. The van der Waals surface area contributed by atoms with E-state index in [4.69, 9.17) is 10.5 Å². The van der Waals surface area contributed by atoms with Crippen LogP contribution in [0, 0.1) is 17.6 Å². The van der Waals surface area contributed by atoms with Gasteiger partial charge in [0, 0.05) is 24.6 Å². The number of carbonyl (C=O) groups is 1. The van der Waals surface area contributed by atoms with E-state index in [1.54, 1.807) is 0 Å². The number of nitrogens with one attached hydrogen (secondary N) is 1. The first-order chi connectivity index (χ1) is 17.9. The van der Waals surface area contributed by atoms with Crippen molar-refractivity contribution in [3.63, 3.8) is 0 Å². The number of rotatable bonds is 7. The SMILES string of the molecule is NC(=O)CN1CCC(CNc2ncnc(N3CCOCC3c3ccc(C(F)(F)F)cc3F)c2F)C(F)(F)C1. The van der Waals surface area contributed by atoms with Gasteiger partial charge in [-0.1, -0.05) is 6.07 Å². The highest BCUT2D eigenvalue weighted by Gasteiger charge is 2.44. The van der Waals surface area contributed by atoms with Crippen molar-refractivity contribution < 1.29 is 40.3 Å². The van der Waals surface area contributed by atoms with Crippen LogP contribution in [0.3, 0.4) is 0 Å². The molecule has 2 aromatic rings. The minimum absolute atomic E-state index is 0.0194. The third kappa shape index (κ3) is 6.09. The number of primary amides is 1. The Bertz CT molecular complexity index is 1170. The van der Waals surface area contributed by atoms with Crippen LogP contribution in [-0.2, 0) is 15.7 Å². The summed E-state index contributed by atoms with van der Waals surface area (Å²) in [7, 11) is 0. The topological polar surface area (TPSA) is 96.6 Å². The smallest absolute Gasteiger partial charge is 0.377 e. The maximum absolute atomic E-state index is 15.5. The lowest BCUT2D eigenvalue weighted by Gasteiger charge is -2.38. The summed E-state index contributed by atoms with van der Waals surface area (Å²) in [5.41, 5.74) is 3.77. The van der Waals surface area contributed by atoms with E-state index in [-0.39, 0.29) is 63.0 Å². The van der Waals surface area contributed by atoms with E-state index in [1.807, 2.05) is 0 Å². The number of nitrogens with two attached hydrogens (primary N) is 1. The Morgan fingerprint density at radius 1 is 1.21 bits per heavy atom. The van der Waals surface area contributed by atoms with E-state index in [9.17, 15) is 31.1 Å². The molecule has 0 bridgehead atoms. The van der Waals surface area contributed by atoms with Crippen molar-refractivity contribution in [1.82, 2.24) is 14.9 Å². The molecule has 3 heterocycles. The molecule has 208 valence electrons. The van der Waals surface area contributed by atoms with Crippen LogP contribution in [0.15, 0.2) is 24.5 Å². The second-order valence-corrected chi connectivity index (χ2v) is 9.18. The van der Waals surface area contributed by atoms with Gasteiger partial charge in [0.15, 0.2) is 11.6 Å². The van der Waals surface area contributed by atoms with Crippen LogP contribution in [0.25, 0.3) is 0 Å². The van der Waals surface area contributed by atoms with Gasteiger partial charge < -0.3 is 20.7 Å². The van der Waals surface area contributed by atoms with Crippen molar-refractivity contribution in [3.05, 3.63) is 47.3 Å². The molecule has 0 saturated carbocycles. The van der Waals surface area contributed by atoms with E-state index in [0.29, 0.717) is 6.07 Å². The largest absolute Gasteiger partial charge is 0.416 e. The second-order valence-electron chi connectivity index (χ2n) is 9.18. The van der Waals surface area contributed by atoms with Crippen molar-refractivity contribution in [2.45, 2.75) is 24.6 Å². The number of hydrogen-bond donors (Lipinski definition) is 2. The minimum Gasteiger partial charge on any atom is -0.377 e. The molecule has 1 aromatic carbocycles. The van der Waals surface area contributed by atoms with Crippen molar-refractivity contribution >= 4 is 17.5 Å². The number of carbonyl (C=O) groups excluding carboxylic acids is 1. The number of benzene rings is 1. The van der Waals surface area contributed by atoms with Crippen LogP contribution < -0.4 is 16.0 Å². The fourth-order valence-electron chi connectivity index (χ4n) is 4.66. The Balaban J connectivity index is 1.51. The van der Waals surface area contributed by atoms with Crippen molar-refractivity contribution in [2.24, 2.45) is 11.7 Å². The number of piperidine rings is 1. The Morgan fingerprint density at radius 2 is 1.97 bits per heavy atom.